The van der Waals surface area contributed by atoms with E-state index >= 15 is 0 Å². The lowest BCUT2D eigenvalue weighted by Crippen LogP contribution is -2.07. The van der Waals surface area contributed by atoms with Crippen molar-refractivity contribution in [2.75, 3.05) is 0 Å². The van der Waals surface area contributed by atoms with Gasteiger partial charge in [-0.3, -0.25) is 4.79 Å². The van der Waals surface area contributed by atoms with E-state index in [2.05, 4.69) is 11.1 Å². The van der Waals surface area contributed by atoms with Crippen LogP contribution < -0.4 is 0 Å². The van der Waals surface area contributed by atoms with Crippen molar-refractivity contribution in [2.24, 2.45) is 0 Å². The number of fused-ring (bicyclic) bond motifs is 2. The first kappa shape index (κ1) is 14.0. The van der Waals surface area contributed by atoms with Crippen LogP contribution in [0.25, 0.3) is 21.1 Å². The Morgan fingerprint density at radius 1 is 1.13 bits per heavy atom. The molecule has 0 aliphatic heterocycles. The van der Waals surface area contributed by atoms with Crippen LogP contribution in [0, 0.1) is 0 Å². The molecule has 0 unspecified atom stereocenters. The number of para-hydroxylation sites is 2. The first-order valence-corrected chi connectivity index (χ1v) is 8.15. The molecule has 0 amide bonds. The molecule has 0 aliphatic rings. The van der Waals surface area contributed by atoms with E-state index in [0.29, 0.717) is 6.42 Å². The molecule has 0 bridgehead atoms. The molecule has 5 heteroatoms. The second-order valence-corrected chi connectivity index (χ2v) is 6.56. The fraction of sp³-hybridized carbons (Fsp3) is 0.111. The highest BCUT2D eigenvalue weighted by atomic mass is 32.1. The highest BCUT2D eigenvalue weighted by molar-refractivity contribution is 7.18. The molecule has 2 aromatic carbocycles. The number of aliphatic carboxylic acids is 1. The molecule has 0 saturated heterocycles. The van der Waals surface area contributed by atoms with Gasteiger partial charge in [-0.05, 0) is 23.8 Å². The second-order valence-electron chi connectivity index (χ2n) is 5.45. The Kier molecular flexibility index (Phi) is 3.35. The topological polar surface area (TPSA) is 55.1 Å². The number of aromatic nitrogens is 2. The zero-order chi connectivity index (χ0) is 15.8. The summed E-state index contributed by atoms with van der Waals surface area (Å²) in [6, 6.07) is 16.0. The van der Waals surface area contributed by atoms with Gasteiger partial charge in [-0.1, -0.05) is 30.3 Å². The lowest BCUT2D eigenvalue weighted by Gasteiger charge is -1.99. The number of carboxylic acid groups (broad SMARTS) is 1. The van der Waals surface area contributed by atoms with Gasteiger partial charge in [-0.15, -0.1) is 11.3 Å². The molecule has 0 fully saturated rings. The largest absolute Gasteiger partial charge is 0.480 e. The second kappa shape index (κ2) is 5.52. The summed E-state index contributed by atoms with van der Waals surface area (Å²) < 4.78 is 2.97. The maximum absolute atomic E-state index is 11.1. The normalized spacial score (nSPS) is 11.3. The molecule has 4 nitrogen and oxygen atoms in total. The average Bonchev–Trinajstić information content (AvgIpc) is 3.09. The summed E-state index contributed by atoms with van der Waals surface area (Å²) in [6.45, 7) is -0.0274. The van der Waals surface area contributed by atoms with Crippen LogP contribution in [0.15, 0.2) is 54.7 Å². The summed E-state index contributed by atoms with van der Waals surface area (Å²) in [5.74, 6) is -0.836. The van der Waals surface area contributed by atoms with Crippen LogP contribution >= 0.6 is 11.3 Å². The number of carbonyl (C=O) groups is 1. The molecular weight excluding hydrogens is 308 g/mol. The Hall–Kier alpha value is -2.66. The maximum atomic E-state index is 11.1. The first-order chi connectivity index (χ1) is 11.2. The molecular formula is C18H14N2O2S. The monoisotopic (exact) mass is 322 g/mol. The van der Waals surface area contributed by atoms with Crippen LogP contribution in [-0.4, -0.2) is 20.6 Å². The summed E-state index contributed by atoms with van der Waals surface area (Å²) in [4.78, 5) is 15.7. The minimum atomic E-state index is -0.836. The Morgan fingerprint density at radius 3 is 2.74 bits per heavy atom. The zero-order valence-corrected chi connectivity index (χ0v) is 13.1. The molecule has 0 atom stereocenters. The van der Waals surface area contributed by atoms with E-state index in [-0.39, 0.29) is 6.54 Å². The fourth-order valence-electron chi connectivity index (χ4n) is 2.90. The van der Waals surface area contributed by atoms with E-state index in [1.54, 1.807) is 15.9 Å². The summed E-state index contributed by atoms with van der Waals surface area (Å²) >= 11 is 1.69. The van der Waals surface area contributed by atoms with Gasteiger partial charge >= 0.3 is 5.97 Å². The van der Waals surface area contributed by atoms with E-state index in [1.165, 1.54) is 4.70 Å². The van der Waals surface area contributed by atoms with Gasteiger partial charge in [0.2, 0.25) is 0 Å². The van der Waals surface area contributed by atoms with Crippen LogP contribution in [-0.2, 0) is 17.8 Å². The maximum Gasteiger partial charge on any atom is 0.323 e. The lowest BCUT2D eigenvalue weighted by atomic mass is 10.1. The molecule has 0 aliphatic carbocycles. The number of thiazole rings is 1. The Bertz CT molecular complexity index is 983. The predicted octanol–water partition coefficient (Wildman–Crippen LogP) is 3.93. The van der Waals surface area contributed by atoms with Crippen LogP contribution in [0.2, 0.25) is 0 Å². The molecule has 2 aromatic heterocycles. The van der Waals surface area contributed by atoms with Crippen LogP contribution in [0.5, 0.6) is 0 Å². The molecule has 0 saturated carbocycles. The predicted molar refractivity (Wildman–Crippen MR) is 92.0 cm³/mol. The number of nitrogens with zero attached hydrogens (tertiary/aromatic N) is 2. The Balaban J connectivity index is 1.77. The van der Waals surface area contributed by atoms with Gasteiger partial charge in [-0.2, -0.15) is 0 Å². The summed E-state index contributed by atoms with van der Waals surface area (Å²) in [5, 5.41) is 11.2. The van der Waals surface area contributed by atoms with Crippen molar-refractivity contribution < 1.29 is 9.90 Å². The smallest absolute Gasteiger partial charge is 0.323 e. The van der Waals surface area contributed by atoms with E-state index in [4.69, 9.17) is 5.11 Å². The molecule has 4 rings (SSSR count). The number of rotatable bonds is 4. The van der Waals surface area contributed by atoms with Gasteiger partial charge in [-0.25, -0.2) is 4.98 Å². The molecule has 1 N–H and O–H groups in total. The van der Waals surface area contributed by atoms with Gasteiger partial charge in [0.15, 0.2) is 0 Å². The molecule has 23 heavy (non-hydrogen) atoms. The van der Waals surface area contributed by atoms with Gasteiger partial charge in [0.05, 0.1) is 15.2 Å². The van der Waals surface area contributed by atoms with Crippen molar-refractivity contribution in [1.29, 1.82) is 0 Å². The number of hydrogen-bond donors (Lipinski definition) is 1. The molecule has 4 aromatic rings. The summed E-state index contributed by atoms with van der Waals surface area (Å²) in [7, 11) is 0. The number of hydrogen-bond acceptors (Lipinski definition) is 3. The van der Waals surface area contributed by atoms with Crippen molar-refractivity contribution in [3.05, 3.63) is 65.3 Å². The molecule has 114 valence electrons. The highest BCUT2D eigenvalue weighted by Gasteiger charge is 2.12. The third-order valence-corrected chi connectivity index (χ3v) is 4.89. The van der Waals surface area contributed by atoms with Crippen molar-refractivity contribution in [3.63, 3.8) is 0 Å². The van der Waals surface area contributed by atoms with Crippen LogP contribution in [0.3, 0.4) is 0 Å². The molecule has 2 heterocycles. The van der Waals surface area contributed by atoms with Crippen LogP contribution in [0.1, 0.15) is 10.6 Å². The highest BCUT2D eigenvalue weighted by Crippen LogP contribution is 2.28. The van der Waals surface area contributed by atoms with E-state index in [9.17, 15) is 4.79 Å². The van der Waals surface area contributed by atoms with Crippen molar-refractivity contribution in [3.8, 4) is 0 Å². The standard InChI is InChI=1S/C18H14N2O2S/c21-18(22)11-20-10-12(13-5-1-3-7-15(13)20)9-17-19-14-6-2-4-8-16(14)23-17/h1-8,10H,9,11H2,(H,21,22). The lowest BCUT2D eigenvalue weighted by molar-refractivity contribution is -0.137. The zero-order valence-electron chi connectivity index (χ0n) is 12.3. The van der Waals surface area contributed by atoms with Gasteiger partial charge in [0.25, 0.3) is 0 Å². The Labute approximate surface area is 136 Å². The minimum Gasteiger partial charge on any atom is -0.480 e. The third kappa shape index (κ3) is 2.59. The average molecular weight is 322 g/mol. The molecule has 0 spiro atoms. The van der Waals surface area contributed by atoms with Gasteiger partial charge < -0.3 is 9.67 Å². The number of benzene rings is 2. The Morgan fingerprint density at radius 2 is 1.91 bits per heavy atom. The quantitative estimate of drug-likeness (QED) is 0.619. The van der Waals surface area contributed by atoms with Crippen LogP contribution in [0.4, 0.5) is 0 Å². The van der Waals surface area contributed by atoms with E-state index in [0.717, 1.165) is 27.0 Å². The van der Waals surface area contributed by atoms with Crippen molar-refractivity contribution in [2.45, 2.75) is 13.0 Å². The molecule has 0 radical (unpaired) electrons. The van der Waals surface area contributed by atoms with Crippen molar-refractivity contribution in [1.82, 2.24) is 9.55 Å². The van der Waals surface area contributed by atoms with Gasteiger partial charge in [0.1, 0.15) is 6.54 Å². The van der Waals surface area contributed by atoms with Crippen molar-refractivity contribution >= 4 is 38.4 Å². The first-order valence-electron chi connectivity index (χ1n) is 7.34. The fourth-order valence-corrected chi connectivity index (χ4v) is 3.89. The third-order valence-electron chi connectivity index (χ3n) is 3.86. The minimum absolute atomic E-state index is 0.0274. The summed E-state index contributed by atoms with van der Waals surface area (Å²) in [5.41, 5.74) is 3.08. The van der Waals surface area contributed by atoms with E-state index < -0.39 is 5.97 Å². The SMILES string of the molecule is O=C(O)Cn1cc(Cc2nc3ccccc3s2)c2ccccc21. The van der Waals surface area contributed by atoms with Gasteiger partial charge in [0, 0.05) is 23.5 Å². The number of carboxylic acids is 1. The summed E-state index contributed by atoms with van der Waals surface area (Å²) in [6.07, 6.45) is 2.65. The van der Waals surface area contributed by atoms with E-state index in [1.807, 2.05) is 48.7 Å².